The highest BCUT2D eigenvalue weighted by Crippen LogP contribution is 2.30. The molecule has 23 heavy (non-hydrogen) atoms. The fraction of sp³-hybridized carbons (Fsp3) is 0.294. The first-order valence-electron chi connectivity index (χ1n) is 7.41. The lowest BCUT2D eigenvalue weighted by Gasteiger charge is -2.32. The van der Waals surface area contributed by atoms with E-state index in [9.17, 15) is 8.42 Å². The number of hydrogen-bond acceptors (Lipinski definition) is 3. The molecule has 2 aromatic rings. The van der Waals surface area contributed by atoms with Gasteiger partial charge in [0.2, 0.25) is 10.0 Å². The Balaban J connectivity index is 1.86. The smallest absolute Gasteiger partial charge is 0.243 e. The van der Waals surface area contributed by atoms with Crippen molar-refractivity contribution in [2.24, 2.45) is 0 Å². The number of aryl methyl sites for hydroxylation is 1. The van der Waals surface area contributed by atoms with Gasteiger partial charge in [0.15, 0.2) is 0 Å². The van der Waals surface area contributed by atoms with Crippen LogP contribution in [0.25, 0.3) is 0 Å². The number of ether oxygens (including phenoxy) is 1. The van der Waals surface area contributed by atoms with E-state index in [2.05, 4.69) is 0 Å². The normalized spacial score (nSPS) is 19.7. The molecule has 1 aliphatic heterocycles. The Labute approximate surface area is 141 Å². The topological polar surface area (TPSA) is 46.6 Å². The fourth-order valence-corrected chi connectivity index (χ4v) is 4.31. The third-order valence-corrected chi connectivity index (χ3v) is 6.16. The summed E-state index contributed by atoms with van der Waals surface area (Å²) in [4.78, 5) is 0.308. The highest BCUT2D eigenvalue weighted by atomic mass is 35.5. The number of rotatable bonds is 3. The molecule has 1 aliphatic rings. The van der Waals surface area contributed by atoms with E-state index in [0.29, 0.717) is 23.1 Å². The highest BCUT2D eigenvalue weighted by Gasteiger charge is 2.32. The molecule has 2 aromatic carbocycles. The summed E-state index contributed by atoms with van der Waals surface area (Å²) in [6.45, 7) is 2.89. The number of morpholine rings is 1. The van der Waals surface area contributed by atoms with Crippen LogP contribution in [-0.2, 0) is 14.8 Å². The van der Waals surface area contributed by atoms with E-state index in [0.717, 1.165) is 11.1 Å². The van der Waals surface area contributed by atoms with Crippen molar-refractivity contribution in [2.45, 2.75) is 17.9 Å². The number of benzene rings is 2. The summed E-state index contributed by atoms with van der Waals surface area (Å²) in [6, 6.07) is 14.3. The van der Waals surface area contributed by atoms with E-state index >= 15 is 0 Å². The van der Waals surface area contributed by atoms with E-state index in [4.69, 9.17) is 16.3 Å². The Morgan fingerprint density at radius 1 is 1.13 bits per heavy atom. The fourth-order valence-electron chi connectivity index (χ4n) is 2.63. The number of hydrogen-bond donors (Lipinski definition) is 0. The molecule has 0 N–H and O–H groups in total. The van der Waals surface area contributed by atoms with E-state index in [1.165, 1.54) is 4.31 Å². The van der Waals surface area contributed by atoms with Crippen molar-refractivity contribution in [1.82, 2.24) is 4.31 Å². The first kappa shape index (κ1) is 16.5. The minimum atomic E-state index is -3.52. The molecule has 1 saturated heterocycles. The van der Waals surface area contributed by atoms with Crippen molar-refractivity contribution in [3.8, 4) is 0 Å². The maximum atomic E-state index is 12.8. The first-order chi connectivity index (χ1) is 11.0. The minimum Gasteiger partial charge on any atom is -0.371 e. The van der Waals surface area contributed by atoms with Crippen molar-refractivity contribution >= 4 is 21.6 Å². The Kier molecular flexibility index (Phi) is 4.73. The predicted octanol–water partition coefficient (Wildman–Crippen LogP) is 3.41. The zero-order chi connectivity index (χ0) is 16.4. The molecule has 1 unspecified atom stereocenters. The Bertz CT molecular complexity index is 790. The third kappa shape index (κ3) is 3.43. The molecular weight excluding hydrogens is 334 g/mol. The summed E-state index contributed by atoms with van der Waals surface area (Å²) in [5.74, 6) is 0. The molecule has 4 nitrogen and oxygen atoms in total. The lowest BCUT2D eigenvalue weighted by molar-refractivity contribution is -0.00249. The van der Waals surface area contributed by atoms with E-state index < -0.39 is 10.0 Å². The van der Waals surface area contributed by atoms with Crippen LogP contribution in [0.1, 0.15) is 17.2 Å². The molecule has 0 saturated carbocycles. The summed E-state index contributed by atoms with van der Waals surface area (Å²) in [5, 5.41) is 0.590. The van der Waals surface area contributed by atoms with Crippen molar-refractivity contribution in [3.05, 3.63) is 64.7 Å². The highest BCUT2D eigenvalue weighted by molar-refractivity contribution is 7.89. The summed E-state index contributed by atoms with van der Waals surface area (Å²) < 4.78 is 32.8. The predicted molar refractivity (Wildman–Crippen MR) is 90.1 cm³/mol. The van der Waals surface area contributed by atoms with Crippen LogP contribution in [0.3, 0.4) is 0 Å². The zero-order valence-electron chi connectivity index (χ0n) is 12.8. The van der Waals surface area contributed by atoms with E-state index in [1.807, 2.05) is 25.1 Å². The molecule has 1 fully saturated rings. The molecule has 1 atom stereocenters. The summed E-state index contributed by atoms with van der Waals surface area (Å²) >= 11 is 6.21. The van der Waals surface area contributed by atoms with Gasteiger partial charge in [-0.2, -0.15) is 4.31 Å². The Morgan fingerprint density at radius 2 is 1.83 bits per heavy atom. The van der Waals surface area contributed by atoms with Gasteiger partial charge in [-0.1, -0.05) is 47.5 Å². The molecule has 0 spiro atoms. The van der Waals surface area contributed by atoms with Crippen LogP contribution < -0.4 is 0 Å². The Morgan fingerprint density at radius 3 is 2.52 bits per heavy atom. The quantitative estimate of drug-likeness (QED) is 0.851. The molecule has 0 aliphatic carbocycles. The Hall–Kier alpha value is -1.40. The van der Waals surface area contributed by atoms with Crippen molar-refractivity contribution in [3.63, 3.8) is 0 Å². The van der Waals surface area contributed by atoms with Gasteiger partial charge in [0.25, 0.3) is 0 Å². The van der Waals surface area contributed by atoms with Gasteiger partial charge in [0, 0.05) is 23.7 Å². The van der Waals surface area contributed by atoms with Crippen molar-refractivity contribution < 1.29 is 13.2 Å². The lowest BCUT2D eigenvalue weighted by atomic mass is 10.1. The summed E-state index contributed by atoms with van der Waals surface area (Å²) in [6.07, 6.45) is -0.349. The van der Waals surface area contributed by atoms with E-state index in [-0.39, 0.29) is 12.6 Å². The molecule has 0 radical (unpaired) electrons. The largest absolute Gasteiger partial charge is 0.371 e. The van der Waals surface area contributed by atoms with Gasteiger partial charge < -0.3 is 4.74 Å². The number of sulfonamides is 1. The SMILES string of the molecule is Cc1ccc(S(=O)(=O)N2CCOC(c3ccccc3Cl)C2)cc1. The minimum absolute atomic E-state index is 0.264. The van der Waals surface area contributed by atoms with Gasteiger partial charge in [-0.05, 0) is 25.1 Å². The average molecular weight is 352 g/mol. The first-order valence-corrected chi connectivity index (χ1v) is 9.23. The lowest BCUT2D eigenvalue weighted by Crippen LogP contribution is -2.42. The molecular formula is C17H18ClNO3S. The molecule has 0 bridgehead atoms. The molecule has 6 heteroatoms. The number of halogens is 1. The maximum Gasteiger partial charge on any atom is 0.243 e. The van der Waals surface area contributed by atoms with Crippen molar-refractivity contribution in [2.75, 3.05) is 19.7 Å². The van der Waals surface area contributed by atoms with Gasteiger partial charge in [-0.3, -0.25) is 0 Å². The third-order valence-electron chi connectivity index (χ3n) is 3.94. The van der Waals surface area contributed by atoms with Gasteiger partial charge in [0.1, 0.15) is 0 Å². The number of nitrogens with zero attached hydrogens (tertiary/aromatic N) is 1. The molecule has 3 rings (SSSR count). The van der Waals surface area contributed by atoms with E-state index in [1.54, 1.807) is 30.3 Å². The van der Waals surface area contributed by atoms with Gasteiger partial charge >= 0.3 is 0 Å². The molecule has 122 valence electrons. The van der Waals surface area contributed by atoms with Crippen LogP contribution >= 0.6 is 11.6 Å². The van der Waals surface area contributed by atoms with Crippen LogP contribution in [-0.4, -0.2) is 32.4 Å². The van der Waals surface area contributed by atoms with Gasteiger partial charge in [-0.15, -0.1) is 0 Å². The van der Waals surface area contributed by atoms with Gasteiger partial charge in [-0.25, -0.2) is 8.42 Å². The average Bonchev–Trinajstić information content (AvgIpc) is 2.56. The van der Waals surface area contributed by atoms with Gasteiger partial charge in [0.05, 0.1) is 17.6 Å². The second-order valence-electron chi connectivity index (χ2n) is 5.56. The van der Waals surface area contributed by atoms with Crippen LogP contribution in [0, 0.1) is 6.92 Å². The standard InChI is InChI=1S/C17H18ClNO3S/c1-13-6-8-14(9-7-13)23(20,21)19-10-11-22-17(12-19)15-4-2-3-5-16(15)18/h2-9,17H,10-12H2,1H3. The molecule has 1 heterocycles. The maximum absolute atomic E-state index is 12.8. The summed E-state index contributed by atoms with van der Waals surface area (Å²) in [5.41, 5.74) is 1.85. The van der Waals surface area contributed by atoms with Crippen molar-refractivity contribution in [1.29, 1.82) is 0 Å². The molecule has 0 amide bonds. The van der Waals surface area contributed by atoms with Crippen LogP contribution in [0.5, 0.6) is 0 Å². The van der Waals surface area contributed by atoms with Crippen LogP contribution in [0.4, 0.5) is 0 Å². The summed E-state index contributed by atoms with van der Waals surface area (Å²) in [7, 11) is -3.52. The second kappa shape index (κ2) is 6.61. The zero-order valence-corrected chi connectivity index (χ0v) is 14.3. The van der Waals surface area contributed by atoms with Crippen LogP contribution in [0.2, 0.25) is 5.02 Å². The monoisotopic (exact) mass is 351 g/mol. The molecule has 0 aromatic heterocycles. The van der Waals surface area contributed by atoms with Crippen LogP contribution in [0.15, 0.2) is 53.4 Å². The second-order valence-corrected chi connectivity index (χ2v) is 7.90.